The molecule has 0 spiro atoms. The molecule has 8 heteroatoms. The smallest absolute Gasteiger partial charge is 0.135 e. The summed E-state index contributed by atoms with van der Waals surface area (Å²) in [6.07, 6.45) is 5.06. The van der Waals surface area contributed by atoms with Crippen molar-refractivity contribution in [2.24, 2.45) is 0 Å². The zero-order valence-electron chi connectivity index (χ0n) is 13.4. The maximum absolute atomic E-state index is 14.0. The Labute approximate surface area is 142 Å². The Morgan fingerprint density at radius 3 is 3.00 bits per heavy atom. The lowest BCUT2D eigenvalue weighted by Gasteiger charge is -2.33. The molecule has 2 N–H and O–H groups in total. The first-order valence-corrected chi connectivity index (χ1v) is 8.01. The number of aromatic nitrogens is 4. The molecule has 3 heterocycles. The van der Waals surface area contributed by atoms with Crippen molar-refractivity contribution in [2.45, 2.75) is 12.6 Å². The number of aromatic amines is 2. The Hall–Kier alpha value is -2.58. The van der Waals surface area contributed by atoms with Crippen molar-refractivity contribution in [3.63, 3.8) is 0 Å². The first-order valence-electron chi connectivity index (χ1n) is 8.01. The minimum absolute atomic E-state index is 0.0869. The van der Waals surface area contributed by atoms with Gasteiger partial charge in [-0.3, -0.25) is 4.90 Å². The number of hydrogen-bond acceptors (Lipinski definition) is 4. The number of nitrogens with zero attached hydrogens (tertiary/aromatic N) is 3. The van der Waals surface area contributed by atoms with Gasteiger partial charge in [0.15, 0.2) is 0 Å². The van der Waals surface area contributed by atoms with E-state index in [0.29, 0.717) is 31.3 Å². The van der Waals surface area contributed by atoms with Crippen LogP contribution >= 0.6 is 0 Å². The van der Waals surface area contributed by atoms with Gasteiger partial charge < -0.3 is 14.7 Å². The number of imidazole rings is 2. The van der Waals surface area contributed by atoms with Gasteiger partial charge in [-0.2, -0.15) is 0 Å². The molecule has 0 saturated carbocycles. The molecule has 1 aliphatic heterocycles. The Balaban J connectivity index is 1.59. The van der Waals surface area contributed by atoms with E-state index >= 15 is 0 Å². The number of nitrogens with one attached hydrogen (secondary N) is 2. The van der Waals surface area contributed by atoms with Crippen LogP contribution in [0.1, 0.15) is 17.7 Å². The highest BCUT2D eigenvalue weighted by molar-refractivity contribution is 5.59. The van der Waals surface area contributed by atoms with Crippen molar-refractivity contribution in [1.29, 1.82) is 0 Å². The minimum atomic E-state index is -0.623. The zero-order valence-corrected chi connectivity index (χ0v) is 13.4. The molecule has 0 aliphatic carbocycles. The highest BCUT2D eigenvalue weighted by Crippen LogP contribution is 2.27. The van der Waals surface area contributed by atoms with E-state index in [-0.39, 0.29) is 11.6 Å². The molecule has 3 aromatic rings. The van der Waals surface area contributed by atoms with Gasteiger partial charge in [-0.1, -0.05) is 0 Å². The van der Waals surface area contributed by atoms with Gasteiger partial charge in [-0.25, -0.2) is 18.7 Å². The topological polar surface area (TPSA) is 69.8 Å². The molecule has 1 saturated heterocycles. The molecule has 0 bridgehead atoms. The van der Waals surface area contributed by atoms with Crippen LogP contribution in [-0.2, 0) is 11.3 Å². The Morgan fingerprint density at radius 1 is 1.28 bits per heavy atom. The fraction of sp³-hybridized carbons (Fsp3) is 0.294. The summed E-state index contributed by atoms with van der Waals surface area (Å²) in [6, 6.07) is 3.41. The lowest BCUT2D eigenvalue weighted by Crippen LogP contribution is -2.39. The number of H-pyrrole nitrogens is 2. The number of hydrogen-bond donors (Lipinski definition) is 2. The van der Waals surface area contributed by atoms with Crippen LogP contribution in [0, 0.1) is 11.6 Å². The van der Waals surface area contributed by atoms with E-state index in [1.54, 1.807) is 18.6 Å². The second-order valence-electron chi connectivity index (χ2n) is 5.90. The highest BCUT2D eigenvalue weighted by atomic mass is 19.1. The third-order valence-corrected chi connectivity index (χ3v) is 4.28. The summed E-state index contributed by atoms with van der Waals surface area (Å²) >= 11 is 0. The number of halogens is 2. The maximum atomic E-state index is 14.0. The van der Waals surface area contributed by atoms with Crippen LogP contribution in [0.3, 0.4) is 0 Å². The average Bonchev–Trinajstić information content (AvgIpc) is 3.27. The zero-order chi connectivity index (χ0) is 17.2. The standard InChI is InChI=1S/C17H17F2N5O/c18-11-1-2-12(13(19)7-11)14-8-22-17(23-14)15-10-25-6-5-24(15)9-16-20-3-4-21-16/h1-4,7-8,15H,5-6,9-10H2,(H,20,21)(H,22,23)/t15-/m0/s1. The summed E-state index contributed by atoms with van der Waals surface area (Å²) in [6.45, 7) is 2.51. The average molecular weight is 345 g/mol. The van der Waals surface area contributed by atoms with Gasteiger partial charge in [0.2, 0.25) is 0 Å². The minimum Gasteiger partial charge on any atom is -0.378 e. The molecule has 130 valence electrons. The van der Waals surface area contributed by atoms with Crippen LogP contribution in [-0.4, -0.2) is 44.6 Å². The highest BCUT2D eigenvalue weighted by Gasteiger charge is 2.28. The van der Waals surface area contributed by atoms with Crippen LogP contribution in [0.5, 0.6) is 0 Å². The molecule has 0 radical (unpaired) electrons. The predicted octanol–water partition coefficient (Wildman–Crippen LogP) is 2.65. The largest absolute Gasteiger partial charge is 0.378 e. The van der Waals surface area contributed by atoms with Gasteiger partial charge in [0.1, 0.15) is 23.3 Å². The summed E-state index contributed by atoms with van der Waals surface area (Å²) in [5.74, 6) is 0.321. The molecule has 1 fully saturated rings. The fourth-order valence-corrected chi connectivity index (χ4v) is 3.01. The molecular formula is C17H17F2N5O. The van der Waals surface area contributed by atoms with Gasteiger partial charge >= 0.3 is 0 Å². The number of morpholine rings is 1. The summed E-state index contributed by atoms with van der Waals surface area (Å²) in [5.41, 5.74) is 0.797. The number of rotatable bonds is 4. The van der Waals surface area contributed by atoms with E-state index < -0.39 is 11.6 Å². The van der Waals surface area contributed by atoms with E-state index in [2.05, 4.69) is 24.8 Å². The monoisotopic (exact) mass is 345 g/mol. The van der Waals surface area contributed by atoms with Gasteiger partial charge in [0.05, 0.1) is 37.7 Å². The summed E-state index contributed by atoms with van der Waals surface area (Å²) < 4.78 is 32.7. The van der Waals surface area contributed by atoms with Crippen molar-refractivity contribution in [3.8, 4) is 11.3 Å². The predicted molar refractivity (Wildman–Crippen MR) is 86.5 cm³/mol. The third-order valence-electron chi connectivity index (χ3n) is 4.28. The van der Waals surface area contributed by atoms with E-state index in [0.717, 1.165) is 18.4 Å². The molecule has 0 unspecified atom stereocenters. The molecule has 2 aromatic heterocycles. The van der Waals surface area contributed by atoms with E-state index in [1.165, 1.54) is 12.1 Å². The molecular weight excluding hydrogens is 328 g/mol. The van der Waals surface area contributed by atoms with Gasteiger partial charge in [-0.15, -0.1) is 0 Å². The molecule has 1 aromatic carbocycles. The first-order chi connectivity index (χ1) is 12.2. The molecule has 25 heavy (non-hydrogen) atoms. The van der Waals surface area contributed by atoms with Gasteiger partial charge in [-0.05, 0) is 12.1 Å². The Kier molecular flexibility index (Phi) is 4.29. The molecule has 4 rings (SSSR count). The lowest BCUT2D eigenvalue weighted by atomic mass is 10.1. The molecule has 1 aliphatic rings. The van der Waals surface area contributed by atoms with Crippen LogP contribution in [0.15, 0.2) is 36.8 Å². The van der Waals surface area contributed by atoms with Gasteiger partial charge in [0.25, 0.3) is 0 Å². The normalized spacial score (nSPS) is 18.6. The van der Waals surface area contributed by atoms with Crippen molar-refractivity contribution in [2.75, 3.05) is 19.8 Å². The second-order valence-corrected chi connectivity index (χ2v) is 5.90. The second kappa shape index (κ2) is 6.73. The quantitative estimate of drug-likeness (QED) is 0.763. The van der Waals surface area contributed by atoms with E-state index in [4.69, 9.17) is 4.74 Å². The maximum Gasteiger partial charge on any atom is 0.135 e. The third kappa shape index (κ3) is 3.31. The van der Waals surface area contributed by atoms with E-state index in [1.807, 2.05) is 0 Å². The SMILES string of the molecule is Fc1ccc(-c2cnc([C@@H]3COCCN3Cc3ncc[nH]3)[nH]2)c(F)c1. The lowest BCUT2D eigenvalue weighted by molar-refractivity contribution is -0.0166. The summed E-state index contributed by atoms with van der Waals surface area (Å²) in [4.78, 5) is 17.1. The van der Waals surface area contributed by atoms with Crippen molar-refractivity contribution in [1.82, 2.24) is 24.8 Å². The Bertz CT molecular complexity index is 849. The van der Waals surface area contributed by atoms with Crippen molar-refractivity contribution < 1.29 is 13.5 Å². The fourth-order valence-electron chi connectivity index (χ4n) is 3.01. The molecule has 6 nitrogen and oxygen atoms in total. The summed E-state index contributed by atoms with van der Waals surface area (Å²) in [5, 5.41) is 0. The number of benzene rings is 1. The van der Waals surface area contributed by atoms with Crippen molar-refractivity contribution in [3.05, 3.63) is 60.1 Å². The van der Waals surface area contributed by atoms with Crippen LogP contribution in [0.4, 0.5) is 8.78 Å². The first kappa shape index (κ1) is 15.9. The van der Waals surface area contributed by atoms with Crippen molar-refractivity contribution >= 4 is 0 Å². The molecule has 1 atom stereocenters. The number of ether oxygens (including phenoxy) is 1. The Morgan fingerprint density at radius 2 is 2.20 bits per heavy atom. The molecule has 0 amide bonds. The van der Waals surface area contributed by atoms with Crippen LogP contribution < -0.4 is 0 Å². The van der Waals surface area contributed by atoms with Gasteiger partial charge in [0, 0.05) is 30.6 Å². The summed E-state index contributed by atoms with van der Waals surface area (Å²) in [7, 11) is 0. The van der Waals surface area contributed by atoms with Crippen LogP contribution in [0.25, 0.3) is 11.3 Å². The van der Waals surface area contributed by atoms with Crippen LogP contribution in [0.2, 0.25) is 0 Å². The van der Waals surface area contributed by atoms with E-state index in [9.17, 15) is 8.78 Å².